The number of nitrogens with one attached hydrogen (secondary N) is 1. The third-order valence-corrected chi connectivity index (χ3v) is 2.56. The Kier molecular flexibility index (Phi) is 6.94. The highest BCUT2D eigenvalue weighted by Crippen LogP contribution is 2.12. The molecule has 0 aliphatic carbocycles. The van der Waals surface area contributed by atoms with Gasteiger partial charge in [-0.15, -0.1) is 0 Å². The quantitative estimate of drug-likeness (QED) is 0.732. The lowest BCUT2D eigenvalue weighted by Gasteiger charge is -2.30. The fraction of sp³-hybridized carbons (Fsp3) is 1.00. The average Bonchev–Trinajstić information content (AvgIpc) is 2.14. The average molecular weight is 242 g/mol. The molecule has 0 heterocycles. The van der Waals surface area contributed by atoms with Crippen LogP contribution < -0.4 is 5.32 Å². The molecule has 0 aromatic carbocycles. The van der Waals surface area contributed by atoms with Crippen LogP contribution in [0.15, 0.2) is 0 Å². The molecule has 2 unspecified atom stereocenters. The van der Waals surface area contributed by atoms with Crippen molar-refractivity contribution >= 4 is 0 Å². The molecule has 0 radical (unpaired) electrons. The monoisotopic (exact) mass is 242 g/mol. The van der Waals surface area contributed by atoms with Crippen LogP contribution in [0.4, 0.5) is 13.2 Å². The molecule has 0 aliphatic heterocycles. The third-order valence-electron chi connectivity index (χ3n) is 2.56. The van der Waals surface area contributed by atoms with Gasteiger partial charge in [-0.1, -0.05) is 0 Å². The molecular formula is C10H21F3N2O. The number of methoxy groups -OCH3 is 1. The van der Waals surface area contributed by atoms with Crippen molar-refractivity contribution in [3.05, 3.63) is 0 Å². The van der Waals surface area contributed by atoms with E-state index in [4.69, 9.17) is 4.74 Å². The summed E-state index contributed by atoms with van der Waals surface area (Å²) in [6.45, 7) is 3.80. The van der Waals surface area contributed by atoms with Gasteiger partial charge in [0.1, 0.15) is 0 Å². The Morgan fingerprint density at radius 3 is 2.25 bits per heavy atom. The second-order valence-corrected chi connectivity index (χ2v) is 4.06. The van der Waals surface area contributed by atoms with Crippen molar-refractivity contribution in [1.82, 2.24) is 10.2 Å². The molecule has 98 valence electrons. The topological polar surface area (TPSA) is 24.5 Å². The van der Waals surface area contributed by atoms with Crippen LogP contribution in [0.2, 0.25) is 0 Å². The molecule has 0 saturated carbocycles. The molecule has 0 saturated heterocycles. The fourth-order valence-corrected chi connectivity index (χ4v) is 1.36. The lowest BCUT2D eigenvalue weighted by atomic mass is 10.2. The van der Waals surface area contributed by atoms with Gasteiger partial charge in [0.05, 0.1) is 13.2 Å². The Morgan fingerprint density at radius 1 is 1.25 bits per heavy atom. The summed E-state index contributed by atoms with van der Waals surface area (Å²) >= 11 is 0. The molecule has 16 heavy (non-hydrogen) atoms. The number of halogens is 3. The highest BCUT2D eigenvalue weighted by atomic mass is 19.4. The van der Waals surface area contributed by atoms with Crippen molar-refractivity contribution in [1.29, 1.82) is 0 Å². The minimum atomic E-state index is -4.14. The van der Waals surface area contributed by atoms with Crippen LogP contribution in [0.5, 0.6) is 0 Å². The largest absolute Gasteiger partial charge is 0.401 e. The van der Waals surface area contributed by atoms with Crippen LogP contribution >= 0.6 is 0 Å². The van der Waals surface area contributed by atoms with Crippen molar-refractivity contribution in [3.8, 4) is 0 Å². The van der Waals surface area contributed by atoms with Gasteiger partial charge in [-0.25, -0.2) is 0 Å². The van der Waals surface area contributed by atoms with E-state index in [1.807, 2.05) is 25.8 Å². The van der Waals surface area contributed by atoms with Crippen LogP contribution in [0.25, 0.3) is 0 Å². The number of rotatable bonds is 7. The first kappa shape index (κ1) is 15.7. The summed E-state index contributed by atoms with van der Waals surface area (Å²) < 4.78 is 40.7. The molecular weight excluding hydrogens is 221 g/mol. The summed E-state index contributed by atoms with van der Waals surface area (Å²) in [4.78, 5) is 1.99. The van der Waals surface area contributed by atoms with Crippen molar-refractivity contribution in [3.63, 3.8) is 0 Å². The molecule has 2 atom stereocenters. The molecule has 0 aromatic rings. The number of nitrogens with zero attached hydrogens (tertiary/aromatic N) is 1. The Balaban J connectivity index is 3.83. The molecule has 0 amide bonds. The maximum Gasteiger partial charge on any atom is 0.401 e. The van der Waals surface area contributed by atoms with Crippen molar-refractivity contribution in [2.24, 2.45) is 0 Å². The summed E-state index contributed by atoms with van der Waals surface area (Å²) in [5.74, 6) is 0. The maximum atomic E-state index is 11.9. The first-order valence-corrected chi connectivity index (χ1v) is 5.26. The van der Waals surface area contributed by atoms with E-state index in [0.717, 1.165) is 0 Å². The standard InChI is InChI=1S/C10H21F3N2O/c1-8(5-14-7-10(11,12)13)15(3)9(2)6-16-4/h8-9,14H,5-7H2,1-4H3. The van der Waals surface area contributed by atoms with Gasteiger partial charge in [0, 0.05) is 25.7 Å². The van der Waals surface area contributed by atoms with Gasteiger partial charge in [-0.3, -0.25) is 4.90 Å². The SMILES string of the molecule is COCC(C)N(C)C(C)CNCC(F)(F)F. The normalized spacial score (nSPS) is 16.5. The van der Waals surface area contributed by atoms with E-state index in [1.165, 1.54) is 0 Å². The Bertz CT molecular complexity index is 187. The second-order valence-electron chi connectivity index (χ2n) is 4.06. The van der Waals surface area contributed by atoms with Crippen LogP contribution in [0.3, 0.4) is 0 Å². The number of ether oxygens (including phenoxy) is 1. The summed E-state index contributed by atoms with van der Waals surface area (Å²) in [6.07, 6.45) is -4.14. The predicted octanol–water partition coefficient (Wildman–Crippen LogP) is 1.49. The molecule has 0 aliphatic rings. The van der Waals surface area contributed by atoms with E-state index >= 15 is 0 Å². The number of hydrogen-bond donors (Lipinski definition) is 1. The molecule has 1 N–H and O–H groups in total. The summed E-state index contributed by atoms with van der Waals surface area (Å²) in [5.41, 5.74) is 0. The molecule has 0 aromatic heterocycles. The van der Waals surface area contributed by atoms with Crippen LogP contribution in [0.1, 0.15) is 13.8 Å². The van der Waals surface area contributed by atoms with Gasteiger partial charge in [0.2, 0.25) is 0 Å². The molecule has 0 bridgehead atoms. The molecule has 0 rings (SSSR count). The minimum absolute atomic E-state index is 0.0347. The van der Waals surface area contributed by atoms with E-state index in [9.17, 15) is 13.2 Å². The van der Waals surface area contributed by atoms with Gasteiger partial charge in [-0.2, -0.15) is 13.2 Å². The van der Waals surface area contributed by atoms with Crippen LogP contribution in [-0.4, -0.2) is 57.0 Å². The summed E-state index contributed by atoms with van der Waals surface area (Å²) in [7, 11) is 3.49. The zero-order valence-corrected chi connectivity index (χ0v) is 10.3. The minimum Gasteiger partial charge on any atom is -0.383 e. The van der Waals surface area contributed by atoms with E-state index in [2.05, 4.69) is 5.32 Å². The van der Waals surface area contributed by atoms with E-state index in [1.54, 1.807) is 7.11 Å². The van der Waals surface area contributed by atoms with Crippen molar-refractivity contribution in [2.75, 3.05) is 33.9 Å². The smallest absolute Gasteiger partial charge is 0.383 e. The van der Waals surface area contributed by atoms with Gasteiger partial charge in [-0.05, 0) is 20.9 Å². The third kappa shape index (κ3) is 7.03. The second kappa shape index (κ2) is 7.09. The van der Waals surface area contributed by atoms with E-state index in [-0.39, 0.29) is 12.1 Å². The van der Waals surface area contributed by atoms with Crippen LogP contribution in [0, 0.1) is 0 Å². The lowest BCUT2D eigenvalue weighted by molar-refractivity contribution is -0.125. The summed E-state index contributed by atoms with van der Waals surface area (Å²) in [6, 6.07) is 0.222. The maximum absolute atomic E-state index is 11.9. The van der Waals surface area contributed by atoms with Crippen molar-refractivity contribution < 1.29 is 17.9 Å². The highest BCUT2D eigenvalue weighted by molar-refractivity contribution is 4.72. The Hall–Kier alpha value is -0.330. The van der Waals surface area contributed by atoms with E-state index < -0.39 is 12.7 Å². The van der Waals surface area contributed by atoms with E-state index in [0.29, 0.717) is 13.2 Å². The van der Waals surface area contributed by atoms with Gasteiger partial charge in [0.15, 0.2) is 0 Å². The first-order chi connectivity index (χ1) is 7.28. The number of alkyl halides is 3. The Labute approximate surface area is 94.9 Å². The fourth-order valence-electron chi connectivity index (χ4n) is 1.36. The van der Waals surface area contributed by atoms with Gasteiger partial charge in [0.25, 0.3) is 0 Å². The Morgan fingerprint density at radius 2 is 1.81 bits per heavy atom. The number of likely N-dealkylation sites (N-methyl/N-ethyl adjacent to an activating group) is 1. The molecule has 3 nitrogen and oxygen atoms in total. The van der Waals surface area contributed by atoms with Gasteiger partial charge >= 0.3 is 6.18 Å². The predicted molar refractivity (Wildman–Crippen MR) is 57.5 cm³/mol. The van der Waals surface area contributed by atoms with Crippen molar-refractivity contribution in [2.45, 2.75) is 32.1 Å². The lowest BCUT2D eigenvalue weighted by Crippen LogP contribution is -2.45. The zero-order valence-electron chi connectivity index (χ0n) is 10.3. The molecule has 0 fully saturated rings. The highest BCUT2D eigenvalue weighted by Gasteiger charge is 2.26. The number of hydrogen-bond acceptors (Lipinski definition) is 3. The first-order valence-electron chi connectivity index (χ1n) is 5.26. The van der Waals surface area contributed by atoms with Crippen LogP contribution in [-0.2, 0) is 4.74 Å². The summed E-state index contributed by atoms with van der Waals surface area (Å²) in [5, 5.41) is 2.40. The molecule has 0 spiro atoms. The molecule has 6 heteroatoms. The zero-order chi connectivity index (χ0) is 12.8. The van der Waals surface area contributed by atoms with Gasteiger partial charge < -0.3 is 10.1 Å².